The quantitative estimate of drug-likeness (QED) is 0.472. The summed E-state index contributed by atoms with van der Waals surface area (Å²) < 4.78 is 39.1. The van der Waals surface area contributed by atoms with E-state index in [2.05, 4.69) is 5.32 Å². The van der Waals surface area contributed by atoms with Crippen LogP contribution in [0.5, 0.6) is 0 Å². The summed E-state index contributed by atoms with van der Waals surface area (Å²) in [4.78, 5) is 27.6. The van der Waals surface area contributed by atoms with Gasteiger partial charge in [-0.25, -0.2) is 12.8 Å². The molecule has 0 bridgehead atoms. The first kappa shape index (κ1) is 28.3. The third-order valence-corrected chi connectivity index (χ3v) is 7.06. The predicted molar refractivity (Wildman–Crippen MR) is 137 cm³/mol. The summed E-state index contributed by atoms with van der Waals surface area (Å²) in [5.74, 6) is -0.941. The van der Waals surface area contributed by atoms with Gasteiger partial charge in [0.15, 0.2) is 0 Å². The predicted octanol–water partition coefficient (Wildman–Crippen LogP) is 4.01. The Hall–Kier alpha value is -2.94. The fourth-order valence-corrected chi connectivity index (χ4v) is 4.63. The van der Waals surface area contributed by atoms with E-state index in [-0.39, 0.29) is 43.8 Å². The minimum atomic E-state index is -3.63. The van der Waals surface area contributed by atoms with Crippen molar-refractivity contribution in [3.63, 3.8) is 0 Å². The van der Waals surface area contributed by atoms with E-state index < -0.39 is 21.9 Å². The minimum Gasteiger partial charge on any atom is -0.352 e. The zero-order chi connectivity index (χ0) is 26.2. The molecule has 2 aromatic rings. The molecule has 0 aromatic heterocycles. The fraction of sp³-hybridized carbons (Fsp3) is 0.462. The van der Waals surface area contributed by atoms with Crippen LogP contribution in [0.1, 0.15) is 51.2 Å². The highest BCUT2D eigenvalue weighted by atomic mass is 32.2. The summed E-state index contributed by atoms with van der Waals surface area (Å²) >= 11 is 0. The lowest BCUT2D eigenvalue weighted by Gasteiger charge is -2.30. The van der Waals surface area contributed by atoms with Crippen molar-refractivity contribution in [1.29, 1.82) is 0 Å². The van der Waals surface area contributed by atoms with Crippen molar-refractivity contribution in [2.24, 2.45) is 0 Å². The van der Waals surface area contributed by atoms with E-state index in [0.717, 1.165) is 28.1 Å². The molecule has 0 saturated carbocycles. The van der Waals surface area contributed by atoms with Crippen LogP contribution in [0.4, 0.5) is 10.1 Å². The number of amides is 2. The molecule has 0 heterocycles. The van der Waals surface area contributed by atoms with Crippen LogP contribution in [0.15, 0.2) is 48.5 Å². The number of rotatable bonds is 12. The number of carbonyl (C=O) groups excluding carboxylic acids is 2. The van der Waals surface area contributed by atoms with Crippen molar-refractivity contribution in [1.82, 2.24) is 10.2 Å². The third-order valence-electron chi connectivity index (χ3n) is 5.87. The van der Waals surface area contributed by atoms with E-state index in [1.54, 1.807) is 6.92 Å². The Kier molecular flexibility index (Phi) is 10.2. The maximum Gasteiger partial charge on any atom is 0.242 e. The third kappa shape index (κ3) is 8.65. The zero-order valence-corrected chi connectivity index (χ0v) is 21.9. The van der Waals surface area contributed by atoms with Gasteiger partial charge in [0, 0.05) is 25.6 Å². The Morgan fingerprint density at radius 1 is 1.09 bits per heavy atom. The number of nitrogens with one attached hydrogen (secondary N) is 1. The summed E-state index contributed by atoms with van der Waals surface area (Å²) in [7, 11) is -3.63. The summed E-state index contributed by atoms with van der Waals surface area (Å²) in [5.41, 5.74) is 2.29. The summed E-state index contributed by atoms with van der Waals surface area (Å²) in [6.45, 7) is 7.87. The number of aryl methyl sites for hydroxylation is 1. The molecule has 0 saturated heterocycles. The van der Waals surface area contributed by atoms with Gasteiger partial charge in [0.05, 0.1) is 11.9 Å². The number of anilines is 1. The topological polar surface area (TPSA) is 86.8 Å². The smallest absolute Gasteiger partial charge is 0.242 e. The van der Waals surface area contributed by atoms with Gasteiger partial charge in [-0.15, -0.1) is 0 Å². The maximum absolute atomic E-state index is 13.3. The van der Waals surface area contributed by atoms with Gasteiger partial charge in [-0.05, 0) is 63.4 Å². The molecule has 2 rings (SSSR count). The van der Waals surface area contributed by atoms with Gasteiger partial charge in [0.2, 0.25) is 21.8 Å². The van der Waals surface area contributed by atoms with Gasteiger partial charge in [-0.2, -0.15) is 0 Å². The minimum absolute atomic E-state index is 0.0140. The molecule has 0 radical (unpaired) electrons. The number of hydrogen-bond acceptors (Lipinski definition) is 4. The molecule has 2 atom stereocenters. The number of hydrogen-bond donors (Lipinski definition) is 1. The van der Waals surface area contributed by atoms with Crippen LogP contribution < -0.4 is 9.62 Å². The highest BCUT2D eigenvalue weighted by Crippen LogP contribution is 2.20. The standard InChI is InChI=1S/C26H36FN3O4S/c1-6-20(3)28-26(32)21(4)29(18-22-10-7-9-19(2)17-22)25(31)11-8-16-30(35(5,33)34)24-14-12-23(27)13-15-24/h7,9-10,12-15,17,20-21H,6,8,11,16,18H2,1-5H3,(H,28,32)/t20-,21-/m0/s1. The lowest BCUT2D eigenvalue weighted by molar-refractivity contribution is -0.140. The number of sulfonamides is 1. The Labute approximate surface area is 208 Å². The Morgan fingerprint density at radius 2 is 1.74 bits per heavy atom. The van der Waals surface area contributed by atoms with Crippen molar-refractivity contribution in [3.8, 4) is 0 Å². The molecule has 0 aliphatic heterocycles. The largest absolute Gasteiger partial charge is 0.352 e. The van der Waals surface area contributed by atoms with E-state index in [9.17, 15) is 22.4 Å². The first-order chi connectivity index (χ1) is 16.4. The Morgan fingerprint density at radius 3 is 2.31 bits per heavy atom. The van der Waals surface area contributed by atoms with Crippen molar-refractivity contribution in [2.75, 3.05) is 17.1 Å². The highest BCUT2D eigenvalue weighted by molar-refractivity contribution is 7.92. The van der Waals surface area contributed by atoms with Crippen LogP contribution in [0.3, 0.4) is 0 Å². The molecule has 0 spiro atoms. The van der Waals surface area contributed by atoms with E-state index in [0.29, 0.717) is 5.69 Å². The molecular formula is C26H36FN3O4S. The van der Waals surface area contributed by atoms with Crippen LogP contribution in [0.25, 0.3) is 0 Å². The van der Waals surface area contributed by atoms with E-state index in [4.69, 9.17) is 0 Å². The van der Waals surface area contributed by atoms with Crippen molar-refractivity contribution < 1.29 is 22.4 Å². The number of carbonyl (C=O) groups is 2. The maximum atomic E-state index is 13.3. The molecule has 1 N–H and O–H groups in total. The molecule has 0 aliphatic carbocycles. The van der Waals surface area contributed by atoms with Crippen molar-refractivity contribution >= 4 is 27.5 Å². The van der Waals surface area contributed by atoms with Crippen molar-refractivity contribution in [3.05, 3.63) is 65.5 Å². The first-order valence-corrected chi connectivity index (χ1v) is 13.7. The second-order valence-corrected chi connectivity index (χ2v) is 10.8. The molecule has 35 heavy (non-hydrogen) atoms. The second kappa shape index (κ2) is 12.7. The number of benzene rings is 2. The van der Waals surface area contributed by atoms with Crippen LogP contribution >= 0.6 is 0 Å². The zero-order valence-electron chi connectivity index (χ0n) is 21.1. The van der Waals surface area contributed by atoms with E-state index in [1.165, 1.54) is 29.2 Å². The van der Waals surface area contributed by atoms with Gasteiger partial charge in [-0.3, -0.25) is 13.9 Å². The molecule has 2 aromatic carbocycles. The Bertz CT molecular complexity index is 1110. The van der Waals surface area contributed by atoms with Crippen molar-refractivity contribution in [2.45, 2.75) is 65.6 Å². The van der Waals surface area contributed by atoms with E-state index >= 15 is 0 Å². The summed E-state index contributed by atoms with van der Waals surface area (Å²) in [5, 5.41) is 2.93. The molecule has 192 valence electrons. The molecule has 2 amide bonds. The lowest BCUT2D eigenvalue weighted by atomic mass is 10.1. The first-order valence-electron chi connectivity index (χ1n) is 11.8. The molecular weight excluding hydrogens is 469 g/mol. The lowest BCUT2D eigenvalue weighted by Crippen LogP contribution is -2.49. The SMILES string of the molecule is CC[C@H](C)NC(=O)[C@H](C)N(Cc1cccc(C)c1)C(=O)CCCN(c1ccc(F)cc1)S(C)(=O)=O. The molecule has 9 heteroatoms. The summed E-state index contributed by atoms with van der Waals surface area (Å²) in [6, 6.07) is 12.2. The van der Waals surface area contributed by atoms with Gasteiger partial charge < -0.3 is 10.2 Å². The molecule has 0 unspecified atom stereocenters. The fourth-order valence-electron chi connectivity index (χ4n) is 3.67. The van der Waals surface area contributed by atoms with Crippen LogP contribution in [-0.2, 0) is 26.2 Å². The van der Waals surface area contributed by atoms with Crippen LogP contribution in [0.2, 0.25) is 0 Å². The van der Waals surface area contributed by atoms with Crippen LogP contribution in [-0.4, -0.2) is 50.0 Å². The van der Waals surface area contributed by atoms with E-state index in [1.807, 2.05) is 45.0 Å². The molecule has 7 nitrogen and oxygen atoms in total. The van der Waals surface area contributed by atoms with Gasteiger partial charge in [0.1, 0.15) is 11.9 Å². The van der Waals surface area contributed by atoms with Crippen LogP contribution in [0, 0.1) is 12.7 Å². The Balaban J connectivity index is 2.16. The monoisotopic (exact) mass is 505 g/mol. The van der Waals surface area contributed by atoms with Gasteiger partial charge in [0.25, 0.3) is 0 Å². The molecule has 0 fully saturated rings. The second-order valence-electron chi connectivity index (χ2n) is 8.92. The average molecular weight is 506 g/mol. The number of nitrogens with zero attached hydrogens (tertiary/aromatic N) is 2. The average Bonchev–Trinajstić information content (AvgIpc) is 2.79. The van der Waals surface area contributed by atoms with Gasteiger partial charge >= 0.3 is 0 Å². The summed E-state index contributed by atoms with van der Waals surface area (Å²) in [6.07, 6.45) is 2.14. The molecule has 0 aliphatic rings. The normalized spacial score (nSPS) is 13.1. The van der Waals surface area contributed by atoms with Gasteiger partial charge in [-0.1, -0.05) is 36.8 Å². The highest BCUT2D eigenvalue weighted by Gasteiger charge is 2.27. The number of halogens is 1.